The molecule has 2 aliphatic heterocycles. The summed E-state index contributed by atoms with van der Waals surface area (Å²) in [5, 5.41) is 1.27. The van der Waals surface area contributed by atoms with Crippen LogP contribution in [0, 0.1) is 0 Å². The first-order chi connectivity index (χ1) is 12.3. The Balaban J connectivity index is 1.90. The molecule has 0 unspecified atom stereocenters. The van der Waals surface area contributed by atoms with E-state index in [4.69, 9.17) is 49.0 Å². The molecule has 0 spiro atoms. The predicted octanol–water partition coefficient (Wildman–Crippen LogP) is 4.80. The van der Waals surface area contributed by atoms with E-state index in [1.165, 1.54) is 0 Å². The fourth-order valence-electron chi connectivity index (χ4n) is 3.65. The van der Waals surface area contributed by atoms with Gasteiger partial charge in [-0.1, -0.05) is 34.8 Å². The van der Waals surface area contributed by atoms with Crippen LogP contribution in [0.2, 0.25) is 15.2 Å². The van der Waals surface area contributed by atoms with Gasteiger partial charge >= 0.3 is 0 Å². The van der Waals surface area contributed by atoms with Crippen LogP contribution in [0.5, 0.6) is 0 Å². The molecule has 0 N–H and O–H groups in total. The third-order valence-electron chi connectivity index (χ3n) is 4.67. The number of fused-ring (bicyclic) bond motifs is 2. The fourth-order valence-corrected chi connectivity index (χ4v) is 4.31. The molecule has 0 saturated carbocycles. The van der Waals surface area contributed by atoms with Crippen molar-refractivity contribution in [3.05, 3.63) is 32.9 Å². The van der Waals surface area contributed by atoms with Crippen molar-refractivity contribution in [3.63, 3.8) is 0 Å². The van der Waals surface area contributed by atoms with Gasteiger partial charge in [0.15, 0.2) is 18.3 Å². The molecule has 0 bridgehead atoms. The Morgan fingerprint density at radius 2 is 1.85 bits per heavy atom. The van der Waals surface area contributed by atoms with E-state index in [2.05, 4.69) is 0 Å². The smallest absolute Gasteiger partial charge is 0.164 e. The average Bonchev–Trinajstić information content (AvgIpc) is 3.14. The molecular weight excluding hydrogens is 408 g/mol. The van der Waals surface area contributed by atoms with Gasteiger partial charge in [0.05, 0.1) is 21.1 Å². The number of rotatable bonds is 3. The number of halogens is 4. The number of hydrogen-bond donors (Lipinski definition) is 0. The highest BCUT2D eigenvalue weighted by molar-refractivity contribution is 6.43. The molecule has 4 rings (SSSR count). The summed E-state index contributed by atoms with van der Waals surface area (Å²) in [5.74, 6) is -0.880. The van der Waals surface area contributed by atoms with E-state index in [0.29, 0.717) is 27.2 Å². The lowest BCUT2D eigenvalue weighted by Crippen LogP contribution is -2.30. The third-order valence-corrected chi connectivity index (χ3v) is 5.78. The third kappa shape index (κ3) is 2.66. The summed E-state index contributed by atoms with van der Waals surface area (Å²) in [6.45, 7) is 2.77. The summed E-state index contributed by atoms with van der Waals surface area (Å²) in [5.41, 5.74) is 0.797. The first-order valence-electron chi connectivity index (χ1n) is 7.98. The molecule has 0 aliphatic carbocycles. The Hall–Kier alpha value is -0.890. The predicted molar refractivity (Wildman–Crippen MR) is 96.1 cm³/mol. The van der Waals surface area contributed by atoms with Crippen molar-refractivity contribution in [3.8, 4) is 0 Å². The fraction of sp³-hybridized carbons (Fsp3) is 0.471. The minimum Gasteiger partial charge on any atom is -0.346 e. The molecule has 2 saturated heterocycles. The van der Waals surface area contributed by atoms with E-state index in [9.17, 15) is 9.18 Å². The number of aromatic nitrogens is 1. The lowest BCUT2D eigenvalue weighted by atomic mass is 10.1. The van der Waals surface area contributed by atoms with Crippen LogP contribution in [0.4, 0.5) is 4.39 Å². The highest BCUT2D eigenvalue weighted by atomic mass is 35.5. The Labute approximate surface area is 163 Å². The van der Waals surface area contributed by atoms with E-state index >= 15 is 0 Å². The molecule has 26 heavy (non-hydrogen) atoms. The number of benzene rings is 1. The second kappa shape index (κ2) is 6.33. The van der Waals surface area contributed by atoms with E-state index in [1.54, 1.807) is 30.5 Å². The van der Waals surface area contributed by atoms with Crippen LogP contribution >= 0.6 is 34.8 Å². The van der Waals surface area contributed by atoms with Crippen LogP contribution in [-0.4, -0.2) is 41.6 Å². The normalized spacial score (nSPS) is 30.1. The molecule has 2 aromatic rings. The molecule has 4 atom stereocenters. The van der Waals surface area contributed by atoms with Gasteiger partial charge in [-0.05, 0) is 26.0 Å². The number of nitrogens with zero attached hydrogens (tertiary/aromatic N) is 1. The Morgan fingerprint density at radius 1 is 1.19 bits per heavy atom. The minimum atomic E-state index is -0.880. The second-order valence-corrected chi connectivity index (χ2v) is 7.93. The van der Waals surface area contributed by atoms with Crippen molar-refractivity contribution in [2.24, 2.45) is 0 Å². The first kappa shape index (κ1) is 18.5. The average molecular weight is 423 g/mol. The van der Waals surface area contributed by atoms with Crippen LogP contribution in [0.15, 0.2) is 12.1 Å². The summed E-state index contributed by atoms with van der Waals surface area (Å²) < 4.78 is 32.6. The van der Waals surface area contributed by atoms with Gasteiger partial charge in [0.2, 0.25) is 0 Å². The topological polar surface area (TPSA) is 49.7 Å². The summed E-state index contributed by atoms with van der Waals surface area (Å²) in [7, 11) is 0. The van der Waals surface area contributed by atoms with Gasteiger partial charge < -0.3 is 18.8 Å². The Morgan fingerprint density at radius 3 is 2.50 bits per heavy atom. The van der Waals surface area contributed by atoms with Gasteiger partial charge in [0.25, 0.3) is 0 Å². The van der Waals surface area contributed by atoms with Crippen LogP contribution < -0.4 is 0 Å². The number of ether oxygens (including phenoxy) is 3. The monoisotopic (exact) mass is 421 g/mol. The van der Waals surface area contributed by atoms with Crippen LogP contribution in [0.25, 0.3) is 10.9 Å². The maximum Gasteiger partial charge on any atom is 0.164 e. The summed E-state index contributed by atoms with van der Waals surface area (Å²) in [6.07, 6.45) is -2.12. The zero-order valence-electron chi connectivity index (χ0n) is 13.8. The van der Waals surface area contributed by atoms with Gasteiger partial charge in [0, 0.05) is 5.39 Å². The van der Waals surface area contributed by atoms with Crippen molar-refractivity contribution in [2.75, 3.05) is 6.67 Å². The highest BCUT2D eigenvalue weighted by Gasteiger charge is 2.56. The molecule has 9 heteroatoms. The van der Waals surface area contributed by atoms with E-state index in [0.717, 1.165) is 0 Å². The number of hydrogen-bond acceptors (Lipinski definition) is 4. The summed E-state index contributed by atoms with van der Waals surface area (Å²) >= 11 is 18.7. The van der Waals surface area contributed by atoms with Crippen molar-refractivity contribution >= 4 is 52.0 Å². The van der Waals surface area contributed by atoms with Gasteiger partial charge in [-0.2, -0.15) is 0 Å². The van der Waals surface area contributed by atoms with Crippen molar-refractivity contribution in [1.82, 2.24) is 4.57 Å². The number of carbonyl (C=O) groups is 1. The largest absolute Gasteiger partial charge is 0.346 e. The van der Waals surface area contributed by atoms with Crippen LogP contribution in [-0.2, 0) is 14.2 Å². The van der Waals surface area contributed by atoms with E-state index in [1.807, 2.05) is 0 Å². The lowest BCUT2D eigenvalue weighted by Gasteiger charge is -2.25. The molecule has 1 aromatic carbocycles. The highest BCUT2D eigenvalue weighted by Crippen LogP contribution is 2.47. The molecule has 2 aliphatic rings. The maximum absolute atomic E-state index is 13.5. The lowest BCUT2D eigenvalue weighted by molar-refractivity contribution is -0.197. The number of alkyl halides is 1. The zero-order valence-corrected chi connectivity index (χ0v) is 16.1. The maximum atomic E-state index is 13.5. The van der Waals surface area contributed by atoms with Gasteiger partial charge in [0.1, 0.15) is 30.1 Å². The molecular formula is C17H15Cl3FNO4. The molecule has 2 fully saturated rings. The molecule has 5 nitrogen and oxygen atoms in total. The first-order valence-corrected chi connectivity index (χ1v) is 9.11. The molecule has 140 valence electrons. The van der Waals surface area contributed by atoms with Gasteiger partial charge in [-0.15, -0.1) is 0 Å². The summed E-state index contributed by atoms with van der Waals surface area (Å²) in [4.78, 5) is 11.6. The summed E-state index contributed by atoms with van der Waals surface area (Å²) in [6, 6.07) is 3.17. The van der Waals surface area contributed by atoms with Crippen LogP contribution in [0.1, 0.15) is 30.4 Å². The molecule has 0 radical (unpaired) electrons. The molecule has 0 amide bonds. The van der Waals surface area contributed by atoms with E-state index in [-0.39, 0.29) is 10.7 Å². The second-order valence-electron chi connectivity index (χ2n) is 6.76. The SMILES string of the molecule is CC1(C)O[C@@H]2[C@H](O1)[C@@H](CF)O[C@H]2n1c(Cl)c(C=O)c2cc(Cl)c(Cl)cc21. The van der Waals surface area contributed by atoms with Crippen molar-refractivity contribution in [2.45, 2.75) is 44.2 Å². The number of carbonyl (C=O) groups excluding carboxylic acids is 1. The van der Waals surface area contributed by atoms with Crippen molar-refractivity contribution < 1.29 is 23.4 Å². The Bertz CT molecular complexity index is 900. The Kier molecular flexibility index (Phi) is 4.50. The van der Waals surface area contributed by atoms with Gasteiger partial charge in [-0.25, -0.2) is 4.39 Å². The van der Waals surface area contributed by atoms with Crippen LogP contribution in [0.3, 0.4) is 0 Å². The molecule has 3 heterocycles. The van der Waals surface area contributed by atoms with E-state index < -0.39 is 37.0 Å². The minimum absolute atomic E-state index is 0.143. The number of aldehydes is 1. The molecule has 1 aromatic heterocycles. The van der Waals surface area contributed by atoms with Gasteiger partial charge in [-0.3, -0.25) is 4.79 Å². The standard InChI is InChI=1S/C17H15Cl3FNO4/c1-17(2)25-13-12(5-21)24-16(14(13)26-17)22-11-4-10(19)9(18)3-7(11)8(6-23)15(22)20/h3-4,6,12-14,16H,5H2,1-2H3/t12-,13-,14-,16-/m1/s1. The quantitative estimate of drug-likeness (QED) is 0.667. The zero-order chi connectivity index (χ0) is 18.8. The van der Waals surface area contributed by atoms with Crippen molar-refractivity contribution in [1.29, 1.82) is 0 Å².